The number of benzene rings is 1. The molecule has 1 N–H and O–H groups in total. The lowest BCUT2D eigenvalue weighted by Gasteiger charge is -2.60. The zero-order chi connectivity index (χ0) is 20.4. The predicted octanol–water partition coefficient (Wildman–Crippen LogP) is 6.42. The van der Waals surface area contributed by atoms with Crippen molar-refractivity contribution in [3.8, 4) is 0 Å². The number of rotatable bonds is 1. The van der Waals surface area contributed by atoms with Crippen LogP contribution in [0, 0.1) is 34.5 Å². The van der Waals surface area contributed by atoms with Gasteiger partial charge in [-0.1, -0.05) is 41.9 Å². The van der Waals surface area contributed by atoms with E-state index in [1.54, 1.807) is 0 Å². The Morgan fingerprint density at radius 1 is 1.00 bits per heavy atom. The van der Waals surface area contributed by atoms with E-state index in [9.17, 15) is 9.90 Å². The van der Waals surface area contributed by atoms with Gasteiger partial charge in [-0.15, -0.1) is 0 Å². The Balaban J connectivity index is 1.45. The van der Waals surface area contributed by atoms with E-state index < -0.39 is 0 Å². The van der Waals surface area contributed by atoms with E-state index in [0.29, 0.717) is 23.5 Å². The van der Waals surface area contributed by atoms with Crippen LogP contribution in [0.25, 0.3) is 6.08 Å². The van der Waals surface area contributed by atoms with Crippen molar-refractivity contribution in [2.24, 2.45) is 34.5 Å². The molecule has 0 heterocycles. The first-order valence-electron chi connectivity index (χ1n) is 11.5. The van der Waals surface area contributed by atoms with Gasteiger partial charge in [0, 0.05) is 10.9 Å². The third-order valence-corrected chi connectivity index (χ3v) is 10.1. The molecule has 2 nitrogen and oxygen atoms in total. The van der Waals surface area contributed by atoms with Gasteiger partial charge in [0.15, 0.2) is 5.78 Å². The van der Waals surface area contributed by atoms with E-state index in [1.165, 1.54) is 25.7 Å². The van der Waals surface area contributed by atoms with Gasteiger partial charge in [-0.3, -0.25) is 4.79 Å². The van der Waals surface area contributed by atoms with Gasteiger partial charge in [-0.2, -0.15) is 0 Å². The van der Waals surface area contributed by atoms with Crippen molar-refractivity contribution in [1.29, 1.82) is 0 Å². The number of Topliss-reactive ketones (excluding diaryl/α,β-unsaturated/α-hetero) is 1. The zero-order valence-corrected chi connectivity index (χ0v) is 19.2. The number of fused-ring (bicyclic) bond motifs is 5. The average molecular weight is 457 g/mol. The molecule has 156 valence electrons. The zero-order valence-electron chi connectivity index (χ0n) is 17.7. The van der Waals surface area contributed by atoms with Crippen molar-refractivity contribution in [3.63, 3.8) is 0 Å². The highest BCUT2D eigenvalue weighted by molar-refractivity contribution is 9.10. The maximum atomic E-state index is 13.0. The summed E-state index contributed by atoms with van der Waals surface area (Å²) in [7, 11) is 0. The van der Waals surface area contributed by atoms with Gasteiger partial charge in [-0.25, -0.2) is 0 Å². The Morgan fingerprint density at radius 2 is 1.72 bits per heavy atom. The predicted molar refractivity (Wildman–Crippen MR) is 120 cm³/mol. The molecule has 4 saturated carbocycles. The second-order valence-corrected chi connectivity index (χ2v) is 11.7. The first-order chi connectivity index (χ1) is 13.8. The summed E-state index contributed by atoms with van der Waals surface area (Å²) in [5, 5.41) is 10.7. The molecule has 29 heavy (non-hydrogen) atoms. The summed E-state index contributed by atoms with van der Waals surface area (Å²) in [4.78, 5) is 13.0. The number of aliphatic hydroxyl groups is 1. The highest BCUT2D eigenvalue weighted by Gasteiger charge is 2.60. The molecule has 7 atom stereocenters. The molecule has 4 fully saturated rings. The van der Waals surface area contributed by atoms with Gasteiger partial charge in [0.1, 0.15) is 0 Å². The summed E-state index contributed by atoms with van der Waals surface area (Å²) >= 11 is 3.50. The van der Waals surface area contributed by atoms with Crippen LogP contribution in [0.2, 0.25) is 0 Å². The molecule has 5 rings (SSSR count). The molecule has 4 aliphatic carbocycles. The van der Waals surface area contributed by atoms with Gasteiger partial charge in [0.05, 0.1) is 6.10 Å². The number of halogens is 1. The SMILES string of the molecule is C[C@]12C/C(=C/c3ccc(Br)cc3)C(=O)C[C@@H]1CC[C@@H]1[C@@H]2CC[C@]2(C)[C@H](O)CC[C@@H]12. The van der Waals surface area contributed by atoms with E-state index in [1.807, 2.05) is 12.1 Å². The minimum atomic E-state index is -0.111. The number of carbonyl (C=O) groups is 1. The van der Waals surface area contributed by atoms with E-state index in [-0.39, 0.29) is 16.9 Å². The number of allylic oxidation sites excluding steroid dienone is 1. The van der Waals surface area contributed by atoms with Gasteiger partial charge in [-0.05, 0) is 109 Å². The Morgan fingerprint density at radius 3 is 2.48 bits per heavy atom. The number of aliphatic hydroxyl groups excluding tert-OH is 1. The molecule has 0 aromatic heterocycles. The van der Waals surface area contributed by atoms with Gasteiger partial charge >= 0.3 is 0 Å². The maximum Gasteiger partial charge on any atom is 0.159 e. The lowest BCUT2D eigenvalue weighted by molar-refractivity contribution is -0.134. The van der Waals surface area contributed by atoms with E-state index in [0.717, 1.165) is 47.2 Å². The Kier molecular flexibility index (Phi) is 4.86. The number of ketones is 1. The van der Waals surface area contributed by atoms with Crippen LogP contribution in [-0.2, 0) is 4.79 Å². The lowest BCUT2D eigenvalue weighted by atomic mass is 9.45. The summed E-state index contributed by atoms with van der Waals surface area (Å²) in [6, 6.07) is 8.28. The first-order valence-corrected chi connectivity index (χ1v) is 12.3. The molecule has 0 spiro atoms. The van der Waals surface area contributed by atoms with E-state index >= 15 is 0 Å². The van der Waals surface area contributed by atoms with Crippen LogP contribution in [0.3, 0.4) is 0 Å². The van der Waals surface area contributed by atoms with Crippen molar-refractivity contribution in [2.75, 3.05) is 0 Å². The van der Waals surface area contributed by atoms with Crippen molar-refractivity contribution in [1.82, 2.24) is 0 Å². The fraction of sp³-hybridized carbons (Fsp3) is 0.654. The summed E-state index contributed by atoms with van der Waals surface area (Å²) in [6.45, 7) is 4.84. The minimum Gasteiger partial charge on any atom is -0.393 e. The van der Waals surface area contributed by atoms with Gasteiger partial charge < -0.3 is 5.11 Å². The quantitative estimate of drug-likeness (QED) is 0.495. The molecule has 3 heteroatoms. The normalized spacial score (nSPS) is 45.6. The van der Waals surface area contributed by atoms with Crippen LogP contribution in [0.1, 0.15) is 70.8 Å². The summed E-state index contributed by atoms with van der Waals surface area (Å²) in [5.41, 5.74) is 2.52. The van der Waals surface area contributed by atoms with Crippen molar-refractivity contribution in [2.45, 2.75) is 71.3 Å². The molecule has 0 radical (unpaired) electrons. The minimum absolute atomic E-state index is 0.111. The van der Waals surface area contributed by atoms with E-state index in [4.69, 9.17) is 0 Å². The lowest BCUT2D eigenvalue weighted by Crippen LogP contribution is -2.54. The fourth-order valence-corrected chi connectivity index (χ4v) is 8.14. The van der Waals surface area contributed by atoms with Crippen LogP contribution in [-0.4, -0.2) is 17.0 Å². The summed E-state index contributed by atoms with van der Waals surface area (Å²) < 4.78 is 1.07. The van der Waals surface area contributed by atoms with Crippen molar-refractivity contribution >= 4 is 27.8 Å². The van der Waals surface area contributed by atoms with Gasteiger partial charge in [0.2, 0.25) is 0 Å². The number of hydrogen-bond acceptors (Lipinski definition) is 2. The molecule has 0 bridgehead atoms. The molecule has 0 aliphatic heterocycles. The van der Waals surface area contributed by atoms with Gasteiger partial charge in [0.25, 0.3) is 0 Å². The highest BCUT2D eigenvalue weighted by atomic mass is 79.9. The molecule has 0 unspecified atom stereocenters. The standard InChI is InChI=1S/C26H33BrO2/c1-25-12-11-22-20(21(25)9-10-24(25)29)8-5-18-14-23(28)17(15-26(18,22)2)13-16-3-6-19(27)7-4-16/h3-4,6-7,13,18,20-22,24,29H,5,8-12,14-15H2,1-2H3/b17-13-/t18-,20-,21-,22-,24+,25-,26-/m0/s1. The average Bonchev–Trinajstić information content (AvgIpc) is 3.00. The monoisotopic (exact) mass is 456 g/mol. The van der Waals surface area contributed by atoms with Crippen LogP contribution >= 0.6 is 15.9 Å². The van der Waals surface area contributed by atoms with Crippen molar-refractivity contribution < 1.29 is 9.90 Å². The summed E-state index contributed by atoms with van der Waals surface area (Å²) in [5.74, 6) is 3.01. The Bertz CT molecular complexity index is 843. The Labute approximate surface area is 183 Å². The van der Waals surface area contributed by atoms with Crippen LogP contribution in [0.5, 0.6) is 0 Å². The molecule has 1 aromatic carbocycles. The van der Waals surface area contributed by atoms with Crippen LogP contribution in [0.15, 0.2) is 34.3 Å². The smallest absolute Gasteiger partial charge is 0.159 e. The molecule has 1 aromatic rings. The topological polar surface area (TPSA) is 37.3 Å². The third-order valence-electron chi connectivity index (χ3n) is 9.59. The maximum absolute atomic E-state index is 13.0. The van der Waals surface area contributed by atoms with Crippen LogP contribution in [0.4, 0.5) is 0 Å². The second-order valence-electron chi connectivity index (χ2n) is 10.8. The fourth-order valence-electron chi connectivity index (χ4n) is 7.87. The molecule has 0 amide bonds. The third kappa shape index (κ3) is 3.10. The largest absolute Gasteiger partial charge is 0.393 e. The molecule has 4 aliphatic rings. The highest BCUT2D eigenvalue weighted by Crippen LogP contribution is 2.66. The second kappa shape index (κ2) is 7.05. The number of carbonyl (C=O) groups excluding carboxylic acids is 1. The first kappa shape index (κ1) is 20.0. The summed E-state index contributed by atoms with van der Waals surface area (Å²) in [6.07, 6.45) is 10.7. The van der Waals surface area contributed by atoms with E-state index in [2.05, 4.69) is 48.0 Å². The molecule has 0 saturated heterocycles. The van der Waals surface area contributed by atoms with Crippen molar-refractivity contribution in [3.05, 3.63) is 39.9 Å². The number of hydrogen-bond donors (Lipinski definition) is 1. The molecular formula is C26H33BrO2. The van der Waals surface area contributed by atoms with Crippen LogP contribution < -0.4 is 0 Å². The Hall–Kier alpha value is -0.930. The molecular weight excluding hydrogens is 424 g/mol.